The van der Waals surface area contributed by atoms with Gasteiger partial charge >= 0.3 is 0 Å². The van der Waals surface area contributed by atoms with Crippen molar-refractivity contribution in [2.45, 2.75) is 6.92 Å². The summed E-state index contributed by atoms with van der Waals surface area (Å²) >= 11 is 1.74. The number of hydrogen-bond donors (Lipinski definition) is 1. The maximum atomic E-state index is 7.47. The summed E-state index contributed by atoms with van der Waals surface area (Å²) in [5.74, 6) is 0. The van der Waals surface area contributed by atoms with Crippen molar-refractivity contribution in [3.63, 3.8) is 0 Å². The average Bonchev–Trinajstić information content (AvgIpc) is 2.49. The van der Waals surface area contributed by atoms with E-state index in [0.717, 1.165) is 5.56 Å². The SMILES string of the molecule is CC(=N)c1ccc2sccc2c1. The Balaban J connectivity index is 2.68. The summed E-state index contributed by atoms with van der Waals surface area (Å²) in [4.78, 5) is 0. The molecule has 1 heterocycles. The fraction of sp³-hybridized carbons (Fsp3) is 0.100. The third kappa shape index (κ3) is 1.14. The molecule has 0 radical (unpaired) electrons. The van der Waals surface area contributed by atoms with Crippen LogP contribution in [0.15, 0.2) is 29.6 Å². The molecular weight excluding hydrogens is 166 g/mol. The molecule has 1 nitrogen and oxygen atoms in total. The van der Waals surface area contributed by atoms with E-state index in [1.807, 2.05) is 13.0 Å². The van der Waals surface area contributed by atoms with Gasteiger partial charge in [-0.3, -0.25) is 0 Å². The van der Waals surface area contributed by atoms with Crippen molar-refractivity contribution in [1.82, 2.24) is 0 Å². The van der Waals surface area contributed by atoms with Crippen LogP contribution in [0.4, 0.5) is 0 Å². The monoisotopic (exact) mass is 175 g/mol. The lowest BCUT2D eigenvalue weighted by Gasteiger charge is -1.96. The summed E-state index contributed by atoms with van der Waals surface area (Å²) in [6, 6.07) is 8.23. The van der Waals surface area contributed by atoms with Crippen LogP contribution < -0.4 is 0 Å². The van der Waals surface area contributed by atoms with E-state index in [-0.39, 0.29) is 0 Å². The Labute approximate surface area is 75.2 Å². The fourth-order valence-corrected chi connectivity index (χ4v) is 1.97. The third-order valence-corrected chi connectivity index (χ3v) is 2.78. The smallest absolute Gasteiger partial charge is 0.0355 e. The molecule has 0 amide bonds. The largest absolute Gasteiger partial charge is 0.305 e. The molecule has 2 heteroatoms. The van der Waals surface area contributed by atoms with Crippen molar-refractivity contribution < 1.29 is 0 Å². The molecule has 1 N–H and O–H groups in total. The molecule has 1 aromatic heterocycles. The topological polar surface area (TPSA) is 23.9 Å². The molecule has 12 heavy (non-hydrogen) atoms. The summed E-state index contributed by atoms with van der Waals surface area (Å²) in [7, 11) is 0. The van der Waals surface area contributed by atoms with E-state index in [1.165, 1.54) is 10.1 Å². The highest BCUT2D eigenvalue weighted by Gasteiger charge is 1.97. The molecule has 0 saturated heterocycles. The lowest BCUT2D eigenvalue weighted by molar-refractivity contribution is 1.47. The average molecular weight is 175 g/mol. The second kappa shape index (κ2) is 2.72. The van der Waals surface area contributed by atoms with Gasteiger partial charge in [-0.15, -0.1) is 11.3 Å². The zero-order valence-electron chi connectivity index (χ0n) is 6.79. The minimum atomic E-state index is 0.628. The summed E-state index contributed by atoms with van der Waals surface area (Å²) < 4.78 is 1.29. The van der Waals surface area contributed by atoms with Crippen LogP contribution in [0, 0.1) is 5.41 Å². The highest BCUT2D eigenvalue weighted by molar-refractivity contribution is 7.17. The van der Waals surface area contributed by atoms with Crippen molar-refractivity contribution >= 4 is 27.1 Å². The highest BCUT2D eigenvalue weighted by Crippen LogP contribution is 2.21. The van der Waals surface area contributed by atoms with Crippen LogP contribution in [0.3, 0.4) is 0 Å². The highest BCUT2D eigenvalue weighted by atomic mass is 32.1. The van der Waals surface area contributed by atoms with Gasteiger partial charge in [0.25, 0.3) is 0 Å². The molecule has 0 atom stereocenters. The van der Waals surface area contributed by atoms with Gasteiger partial charge in [-0.1, -0.05) is 6.07 Å². The van der Waals surface area contributed by atoms with Crippen LogP contribution >= 0.6 is 11.3 Å². The number of hydrogen-bond acceptors (Lipinski definition) is 2. The van der Waals surface area contributed by atoms with Crippen molar-refractivity contribution in [2.75, 3.05) is 0 Å². The number of fused-ring (bicyclic) bond motifs is 1. The summed E-state index contributed by atoms with van der Waals surface area (Å²) in [6.07, 6.45) is 0. The van der Waals surface area contributed by atoms with Crippen LogP contribution in [0.25, 0.3) is 10.1 Å². The van der Waals surface area contributed by atoms with Gasteiger partial charge in [-0.05, 0) is 41.5 Å². The zero-order valence-corrected chi connectivity index (χ0v) is 7.61. The lowest BCUT2D eigenvalue weighted by atomic mass is 10.1. The van der Waals surface area contributed by atoms with Gasteiger partial charge < -0.3 is 5.41 Å². The molecule has 0 saturated carbocycles. The standard InChI is InChI=1S/C10H9NS/c1-7(11)8-2-3-10-9(6-8)4-5-12-10/h2-6,11H,1H3. The second-order valence-corrected chi connectivity index (χ2v) is 3.75. The Kier molecular flexibility index (Phi) is 1.70. The summed E-state index contributed by atoms with van der Waals surface area (Å²) in [5.41, 5.74) is 1.64. The molecule has 0 aliphatic heterocycles. The van der Waals surface area contributed by atoms with Gasteiger partial charge in [0.1, 0.15) is 0 Å². The Hall–Kier alpha value is -1.15. The van der Waals surface area contributed by atoms with E-state index in [4.69, 9.17) is 5.41 Å². The molecule has 2 rings (SSSR count). The number of rotatable bonds is 1. The van der Waals surface area contributed by atoms with Crippen LogP contribution in [-0.4, -0.2) is 5.71 Å². The van der Waals surface area contributed by atoms with Crippen molar-refractivity contribution in [2.24, 2.45) is 0 Å². The van der Waals surface area contributed by atoms with E-state index in [9.17, 15) is 0 Å². The Morgan fingerprint density at radius 2 is 2.17 bits per heavy atom. The second-order valence-electron chi connectivity index (χ2n) is 2.80. The van der Waals surface area contributed by atoms with Crippen molar-refractivity contribution in [3.05, 3.63) is 35.2 Å². The zero-order chi connectivity index (χ0) is 8.55. The van der Waals surface area contributed by atoms with Gasteiger partial charge in [0.15, 0.2) is 0 Å². The van der Waals surface area contributed by atoms with Gasteiger partial charge in [-0.25, -0.2) is 0 Å². The molecule has 60 valence electrons. The minimum Gasteiger partial charge on any atom is -0.305 e. The normalized spacial score (nSPS) is 10.4. The first-order valence-electron chi connectivity index (χ1n) is 3.80. The predicted molar refractivity (Wildman–Crippen MR) is 54.3 cm³/mol. The number of thiophene rings is 1. The molecule has 0 unspecified atom stereocenters. The molecular formula is C10H9NS. The third-order valence-electron chi connectivity index (χ3n) is 1.89. The summed E-state index contributed by atoms with van der Waals surface area (Å²) in [6.45, 7) is 1.81. The van der Waals surface area contributed by atoms with Gasteiger partial charge in [0.05, 0.1) is 0 Å². The summed E-state index contributed by atoms with van der Waals surface area (Å²) in [5, 5.41) is 10.8. The Morgan fingerprint density at radius 1 is 1.33 bits per heavy atom. The lowest BCUT2D eigenvalue weighted by Crippen LogP contribution is -1.89. The van der Waals surface area contributed by atoms with E-state index in [0.29, 0.717) is 5.71 Å². The van der Waals surface area contributed by atoms with Gasteiger partial charge in [-0.2, -0.15) is 0 Å². The fourth-order valence-electron chi connectivity index (χ4n) is 1.20. The van der Waals surface area contributed by atoms with E-state index < -0.39 is 0 Å². The Morgan fingerprint density at radius 3 is 2.92 bits per heavy atom. The first-order chi connectivity index (χ1) is 5.77. The van der Waals surface area contributed by atoms with Crippen LogP contribution in [0.1, 0.15) is 12.5 Å². The molecule has 0 aliphatic carbocycles. The first kappa shape index (κ1) is 7.50. The van der Waals surface area contributed by atoms with Crippen LogP contribution in [0.5, 0.6) is 0 Å². The molecule has 0 aliphatic rings. The molecule has 0 fully saturated rings. The van der Waals surface area contributed by atoms with Crippen molar-refractivity contribution in [1.29, 1.82) is 5.41 Å². The van der Waals surface area contributed by atoms with Crippen LogP contribution in [-0.2, 0) is 0 Å². The van der Waals surface area contributed by atoms with Crippen molar-refractivity contribution in [3.8, 4) is 0 Å². The maximum Gasteiger partial charge on any atom is 0.0355 e. The van der Waals surface area contributed by atoms with Crippen LogP contribution in [0.2, 0.25) is 0 Å². The van der Waals surface area contributed by atoms with Gasteiger partial charge in [0.2, 0.25) is 0 Å². The Bertz CT molecular complexity index is 428. The number of nitrogens with one attached hydrogen (secondary N) is 1. The predicted octanol–water partition coefficient (Wildman–Crippen LogP) is 3.29. The maximum absolute atomic E-state index is 7.47. The molecule has 0 spiro atoms. The molecule has 0 bridgehead atoms. The number of benzene rings is 1. The van der Waals surface area contributed by atoms with E-state index in [2.05, 4.69) is 23.6 Å². The molecule has 2 aromatic rings. The quantitative estimate of drug-likeness (QED) is 0.643. The van der Waals surface area contributed by atoms with E-state index >= 15 is 0 Å². The van der Waals surface area contributed by atoms with Gasteiger partial charge in [0, 0.05) is 10.4 Å². The minimum absolute atomic E-state index is 0.628. The van der Waals surface area contributed by atoms with E-state index in [1.54, 1.807) is 11.3 Å². The first-order valence-corrected chi connectivity index (χ1v) is 4.68. The molecule has 1 aromatic carbocycles.